The fourth-order valence-electron chi connectivity index (χ4n) is 2.17. The summed E-state index contributed by atoms with van der Waals surface area (Å²) in [6.45, 7) is 3.54. The Hall–Kier alpha value is -1.26. The second-order valence-corrected chi connectivity index (χ2v) is 5.55. The van der Waals surface area contributed by atoms with Crippen LogP contribution in [0.15, 0.2) is 0 Å². The normalized spacial score (nSPS) is 15.9. The molecule has 0 aliphatic heterocycles. The number of carboxylic acid groups (broad SMARTS) is 1. The number of amides is 2. The van der Waals surface area contributed by atoms with Gasteiger partial charge in [-0.05, 0) is 37.5 Å². The molecule has 0 aromatic carbocycles. The van der Waals surface area contributed by atoms with Gasteiger partial charge >= 0.3 is 12.0 Å². The second kappa shape index (κ2) is 8.02. The van der Waals surface area contributed by atoms with E-state index in [1.807, 2.05) is 7.05 Å². The van der Waals surface area contributed by atoms with Crippen LogP contribution in [0.1, 0.15) is 45.4 Å². The minimum absolute atomic E-state index is 0.0139. The first-order valence-electron chi connectivity index (χ1n) is 7.23. The van der Waals surface area contributed by atoms with Crippen LogP contribution in [-0.2, 0) is 4.79 Å². The summed E-state index contributed by atoms with van der Waals surface area (Å²) in [6, 6.07) is -0.0139. The lowest BCUT2D eigenvalue weighted by Crippen LogP contribution is -2.39. The van der Waals surface area contributed by atoms with Crippen LogP contribution in [0.2, 0.25) is 0 Å². The standard InChI is InChI=1S/C14H26N2O3/c1-3-11(6-7-13(17)18)8-9-15-14(19)16(2)10-12-4-5-12/h11-12H,3-10H2,1-2H3,(H,15,19)(H,17,18). The average Bonchev–Trinajstić information content (AvgIpc) is 3.16. The highest BCUT2D eigenvalue weighted by Gasteiger charge is 2.24. The third kappa shape index (κ3) is 7.03. The number of urea groups is 1. The van der Waals surface area contributed by atoms with Crippen LogP contribution in [0.25, 0.3) is 0 Å². The maximum Gasteiger partial charge on any atom is 0.317 e. The highest BCUT2D eigenvalue weighted by Crippen LogP contribution is 2.29. The van der Waals surface area contributed by atoms with Gasteiger partial charge < -0.3 is 15.3 Å². The van der Waals surface area contributed by atoms with Gasteiger partial charge in [-0.15, -0.1) is 0 Å². The van der Waals surface area contributed by atoms with Crippen molar-refractivity contribution >= 4 is 12.0 Å². The lowest BCUT2D eigenvalue weighted by atomic mass is 9.97. The highest BCUT2D eigenvalue weighted by atomic mass is 16.4. The molecule has 1 aliphatic rings. The van der Waals surface area contributed by atoms with Crippen LogP contribution in [0, 0.1) is 11.8 Å². The monoisotopic (exact) mass is 270 g/mol. The smallest absolute Gasteiger partial charge is 0.317 e. The Bertz CT molecular complexity index is 303. The Kier molecular flexibility index (Phi) is 6.67. The molecule has 1 rings (SSSR count). The predicted molar refractivity (Wildman–Crippen MR) is 74.0 cm³/mol. The van der Waals surface area contributed by atoms with E-state index in [-0.39, 0.29) is 12.5 Å². The van der Waals surface area contributed by atoms with E-state index in [2.05, 4.69) is 12.2 Å². The Morgan fingerprint density at radius 2 is 2.05 bits per heavy atom. The summed E-state index contributed by atoms with van der Waals surface area (Å²) >= 11 is 0. The lowest BCUT2D eigenvalue weighted by Gasteiger charge is -2.19. The molecule has 2 amide bonds. The van der Waals surface area contributed by atoms with Gasteiger partial charge in [0.1, 0.15) is 0 Å². The summed E-state index contributed by atoms with van der Waals surface area (Å²) in [5.74, 6) is 0.339. The van der Waals surface area contributed by atoms with Crippen LogP contribution in [0.5, 0.6) is 0 Å². The SMILES string of the molecule is CCC(CCNC(=O)N(C)CC1CC1)CCC(=O)O. The molecule has 0 aromatic heterocycles. The van der Waals surface area contributed by atoms with E-state index >= 15 is 0 Å². The maximum atomic E-state index is 11.8. The van der Waals surface area contributed by atoms with E-state index in [0.29, 0.717) is 24.8 Å². The van der Waals surface area contributed by atoms with Crippen molar-refractivity contribution < 1.29 is 14.7 Å². The molecule has 1 fully saturated rings. The molecule has 0 saturated heterocycles. The summed E-state index contributed by atoms with van der Waals surface area (Å²) in [7, 11) is 1.83. The fraction of sp³-hybridized carbons (Fsp3) is 0.857. The zero-order valence-electron chi connectivity index (χ0n) is 12.0. The van der Waals surface area contributed by atoms with E-state index in [9.17, 15) is 9.59 Å². The molecular formula is C14H26N2O3. The molecule has 0 heterocycles. The lowest BCUT2D eigenvalue weighted by molar-refractivity contribution is -0.137. The first kappa shape index (κ1) is 15.8. The molecule has 1 saturated carbocycles. The minimum Gasteiger partial charge on any atom is -0.481 e. The number of nitrogens with zero attached hydrogens (tertiary/aromatic N) is 1. The van der Waals surface area contributed by atoms with Gasteiger partial charge in [0.15, 0.2) is 0 Å². The number of rotatable bonds is 9. The number of aliphatic carboxylic acids is 1. The first-order valence-corrected chi connectivity index (χ1v) is 7.23. The molecule has 5 nitrogen and oxygen atoms in total. The number of carboxylic acids is 1. The average molecular weight is 270 g/mol. The van der Waals surface area contributed by atoms with E-state index in [0.717, 1.165) is 19.4 Å². The summed E-state index contributed by atoms with van der Waals surface area (Å²) < 4.78 is 0. The fourth-order valence-corrected chi connectivity index (χ4v) is 2.17. The topological polar surface area (TPSA) is 69.6 Å². The van der Waals surface area contributed by atoms with Crippen molar-refractivity contribution in [2.45, 2.75) is 45.4 Å². The van der Waals surface area contributed by atoms with Gasteiger partial charge in [0.05, 0.1) is 0 Å². The quantitative estimate of drug-likeness (QED) is 0.675. The molecule has 0 spiro atoms. The molecule has 2 N–H and O–H groups in total. The second-order valence-electron chi connectivity index (χ2n) is 5.55. The largest absolute Gasteiger partial charge is 0.481 e. The molecule has 0 aromatic rings. The zero-order chi connectivity index (χ0) is 14.3. The van der Waals surface area contributed by atoms with Gasteiger partial charge in [0.2, 0.25) is 0 Å². The van der Waals surface area contributed by atoms with Crippen molar-refractivity contribution in [3.8, 4) is 0 Å². The van der Waals surface area contributed by atoms with Crippen LogP contribution in [-0.4, -0.2) is 42.1 Å². The number of carbonyl (C=O) groups is 2. The highest BCUT2D eigenvalue weighted by molar-refractivity contribution is 5.73. The predicted octanol–water partition coefficient (Wildman–Crippen LogP) is 2.32. The Labute approximate surface area is 115 Å². The van der Waals surface area contributed by atoms with Crippen molar-refractivity contribution in [3.63, 3.8) is 0 Å². The van der Waals surface area contributed by atoms with Crippen molar-refractivity contribution in [2.75, 3.05) is 20.1 Å². The van der Waals surface area contributed by atoms with Crippen LogP contribution < -0.4 is 5.32 Å². The minimum atomic E-state index is -0.744. The molecule has 1 aliphatic carbocycles. The molecule has 1 atom stereocenters. The van der Waals surface area contributed by atoms with Gasteiger partial charge in [-0.25, -0.2) is 4.79 Å². The van der Waals surface area contributed by atoms with Gasteiger partial charge in [0, 0.05) is 26.6 Å². The van der Waals surface area contributed by atoms with Crippen molar-refractivity contribution in [1.29, 1.82) is 0 Å². The third-order valence-corrected chi connectivity index (χ3v) is 3.75. The molecular weight excluding hydrogens is 244 g/mol. The number of carbonyl (C=O) groups excluding carboxylic acids is 1. The van der Waals surface area contributed by atoms with Crippen molar-refractivity contribution in [2.24, 2.45) is 11.8 Å². The van der Waals surface area contributed by atoms with Gasteiger partial charge in [0.25, 0.3) is 0 Å². The van der Waals surface area contributed by atoms with Gasteiger partial charge in [-0.2, -0.15) is 0 Å². The summed E-state index contributed by atoms with van der Waals surface area (Å²) in [5.41, 5.74) is 0. The Morgan fingerprint density at radius 3 is 2.58 bits per heavy atom. The number of hydrogen-bond donors (Lipinski definition) is 2. The third-order valence-electron chi connectivity index (χ3n) is 3.75. The van der Waals surface area contributed by atoms with Crippen LogP contribution in [0.4, 0.5) is 4.79 Å². The number of nitrogens with one attached hydrogen (secondary N) is 1. The van der Waals surface area contributed by atoms with E-state index < -0.39 is 5.97 Å². The zero-order valence-corrected chi connectivity index (χ0v) is 12.0. The summed E-state index contributed by atoms with van der Waals surface area (Å²) in [4.78, 5) is 24.0. The molecule has 5 heteroatoms. The molecule has 1 unspecified atom stereocenters. The van der Waals surface area contributed by atoms with Crippen molar-refractivity contribution in [1.82, 2.24) is 10.2 Å². The maximum absolute atomic E-state index is 11.8. The van der Waals surface area contributed by atoms with E-state index in [1.54, 1.807) is 4.90 Å². The van der Waals surface area contributed by atoms with E-state index in [4.69, 9.17) is 5.11 Å². The Morgan fingerprint density at radius 1 is 1.37 bits per heavy atom. The Balaban J connectivity index is 2.12. The molecule has 0 radical (unpaired) electrons. The van der Waals surface area contributed by atoms with Crippen LogP contribution in [0.3, 0.4) is 0 Å². The van der Waals surface area contributed by atoms with Gasteiger partial charge in [-0.1, -0.05) is 13.3 Å². The van der Waals surface area contributed by atoms with Crippen molar-refractivity contribution in [3.05, 3.63) is 0 Å². The molecule has 110 valence electrons. The van der Waals surface area contributed by atoms with E-state index in [1.165, 1.54) is 12.8 Å². The molecule has 0 bridgehead atoms. The van der Waals surface area contributed by atoms with Gasteiger partial charge in [-0.3, -0.25) is 4.79 Å². The summed E-state index contributed by atoms with van der Waals surface area (Å²) in [6.07, 6.45) is 5.21. The van der Waals surface area contributed by atoms with Crippen LogP contribution >= 0.6 is 0 Å². The summed E-state index contributed by atoms with van der Waals surface area (Å²) in [5, 5.41) is 11.6. The number of hydrogen-bond acceptors (Lipinski definition) is 2. The molecule has 19 heavy (non-hydrogen) atoms. The first-order chi connectivity index (χ1) is 9.02.